The monoisotopic (exact) mass is 291 g/mol. The van der Waals surface area contributed by atoms with E-state index in [1.54, 1.807) is 0 Å². The maximum Gasteiger partial charge on any atom is 0.0521 e. The third-order valence-electron chi connectivity index (χ3n) is 3.53. The quantitative estimate of drug-likeness (QED) is 0.849. The number of benzene rings is 1. The Kier molecular flexibility index (Phi) is 5.62. The lowest BCUT2D eigenvalue weighted by molar-refractivity contribution is 0.461. The smallest absolute Gasteiger partial charge is 0.0521 e. The summed E-state index contributed by atoms with van der Waals surface area (Å²) in [5.74, 6) is 0.626. The van der Waals surface area contributed by atoms with Crippen LogP contribution in [0.2, 0.25) is 5.02 Å². The normalized spacial score (nSPS) is 12.6. The molecule has 1 unspecified atom stereocenters. The second-order valence-electron chi connectivity index (χ2n) is 5.32. The number of nitrogens with zero attached hydrogens (tertiary/aromatic N) is 2. The molecule has 1 N–H and O–H groups in total. The van der Waals surface area contributed by atoms with E-state index in [2.05, 4.69) is 28.7 Å². The zero-order chi connectivity index (χ0) is 14.4. The first-order chi connectivity index (χ1) is 9.67. The van der Waals surface area contributed by atoms with Crippen molar-refractivity contribution < 1.29 is 0 Å². The molecule has 0 saturated carbocycles. The van der Waals surface area contributed by atoms with Crippen LogP contribution in [0.15, 0.2) is 36.7 Å². The Bertz CT molecular complexity index is 519. The van der Waals surface area contributed by atoms with Crippen molar-refractivity contribution >= 4 is 11.6 Å². The van der Waals surface area contributed by atoms with Gasteiger partial charge in [-0.05, 0) is 62.0 Å². The minimum absolute atomic E-state index is 0.626. The highest BCUT2D eigenvalue weighted by Gasteiger charge is 2.10. The molecule has 0 bridgehead atoms. The molecule has 0 fully saturated rings. The molecule has 1 aromatic heterocycles. The molecule has 0 saturated heterocycles. The van der Waals surface area contributed by atoms with Crippen molar-refractivity contribution in [3.8, 4) is 0 Å². The number of hydrogen-bond acceptors (Lipinski definition) is 2. The second kappa shape index (κ2) is 7.46. The molecule has 1 aromatic carbocycles. The Morgan fingerprint density at radius 2 is 2.00 bits per heavy atom. The third-order valence-corrected chi connectivity index (χ3v) is 3.78. The summed E-state index contributed by atoms with van der Waals surface area (Å²) < 4.78 is 1.86. The topological polar surface area (TPSA) is 29.9 Å². The van der Waals surface area contributed by atoms with Crippen LogP contribution in [-0.4, -0.2) is 23.4 Å². The first-order valence-corrected chi connectivity index (χ1v) is 7.41. The fraction of sp³-hybridized carbons (Fsp3) is 0.438. The van der Waals surface area contributed by atoms with E-state index in [0.29, 0.717) is 5.92 Å². The number of aromatic nitrogens is 2. The number of halogens is 1. The molecular formula is C16H22ClN3. The maximum absolute atomic E-state index is 5.93. The summed E-state index contributed by atoms with van der Waals surface area (Å²) in [5.41, 5.74) is 2.66. The third kappa shape index (κ3) is 4.66. The lowest BCUT2D eigenvalue weighted by Crippen LogP contribution is -2.21. The molecule has 0 aliphatic carbocycles. The molecule has 0 amide bonds. The molecule has 2 aromatic rings. The Morgan fingerprint density at radius 3 is 2.60 bits per heavy atom. The minimum Gasteiger partial charge on any atom is -0.319 e. The molecule has 3 nitrogen and oxygen atoms in total. The predicted octanol–water partition coefficient (Wildman–Crippen LogP) is 3.08. The zero-order valence-corrected chi connectivity index (χ0v) is 12.9. The van der Waals surface area contributed by atoms with E-state index in [4.69, 9.17) is 11.6 Å². The van der Waals surface area contributed by atoms with Gasteiger partial charge < -0.3 is 5.32 Å². The summed E-state index contributed by atoms with van der Waals surface area (Å²) >= 11 is 5.93. The van der Waals surface area contributed by atoms with Crippen LogP contribution < -0.4 is 5.32 Å². The number of rotatable bonds is 7. The van der Waals surface area contributed by atoms with Gasteiger partial charge in [-0.15, -0.1) is 0 Å². The first kappa shape index (κ1) is 15.1. The van der Waals surface area contributed by atoms with Crippen LogP contribution in [0.25, 0.3) is 0 Å². The molecular weight excluding hydrogens is 270 g/mol. The molecule has 2 rings (SSSR count). The van der Waals surface area contributed by atoms with Gasteiger partial charge in [0.15, 0.2) is 0 Å². The van der Waals surface area contributed by atoms with Crippen LogP contribution >= 0.6 is 11.6 Å². The largest absolute Gasteiger partial charge is 0.319 e. The minimum atomic E-state index is 0.626. The van der Waals surface area contributed by atoms with E-state index in [-0.39, 0.29) is 0 Å². The van der Waals surface area contributed by atoms with Gasteiger partial charge in [0.2, 0.25) is 0 Å². The maximum atomic E-state index is 5.93. The van der Waals surface area contributed by atoms with Gasteiger partial charge in [-0.3, -0.25) is 4.68 Å². The van der Waals surface area contributed by atoms with Crippen molar-refractivity contribution in [3.63, 3.8) is 0 Å². The Labute approximate surface area is 126 Å². The van der Waals surface area contributed by atoms with Gasteiger partial charge >= 0.3 is 0 Å². The second-order valence-corrected chi connectivity index (χ2v) is 5.75. The lowest BCUT2D eigenvalue weighted by Gasteiger charge is -2.16. The van der Waals surface area contributed by atoms with E-state index in [9.17, 15) is 0 Å². The zero-order valence-electron chi connectivity index (χ0n) is 12.1. The summed E-state index contributed by atoms with van der Waals surface area (Å²) in [5, 5.41) is 8.31. The Morgan fingerprint density at radius 1 is 1.25 bits per heavy atom. The van der Waals surface area contributed by atoms with Gasteiger partial charge in [-0.1, -0.05) is 23.7 Å². The van der Waals surface area contributed by atoms with Crippen molar-refractivity contribution in [2.45, 2.75) is 19.3 Å². The summed E-state index contributed by atoms with van der Waals surface area (Å²) in [6.45, 7) is 1.03. The van der Waals surface area contributed by atoms with Crippen molar-refractivity contribution in [3.05, 3.63) is 52.8 Å². The van der Waals surface area contributed by atoms with Gasteiger partial charge in [0.25, 0.3) is 0 Å². The molecule has 0 radical (unpaired) electrons. The van der Waals surface area contributed by atoms with E-state index in [1.807, 2.05) is 37.1 Å². The molecule has 1 atom stereocenters. The molecule has 1 heterocycles. The molecule has 4 heteroatoms. The van der Waals surface area contributed by atoms with E-state index in [0.717, 1.165) is 30.8 Å². The number of hydrogen-bond donors (Lipinski definition) is 1. The summed E-state index contributed by atoms with van der Waals surface area (Å²) in [6.07, 6.45) is 7.37. The van der Waals surface area contributed by atoms with Crippen molar-refractivity contribution in [2.24, 2.45) is 13.0 Å². The first-order valence-electron chi connectivity index (χ1n) is 7.04. The van der Waals surface area contributed by atoms with Gasteiger partial charge in [0, 0.05) is 18.3 Å². The summed E-state index contributed by atoms with van der Waals surface area (Å²) in [6, 6.07) is 8.17. The molecule has 108 valence electrons. The van der Waals surface area contributed by atoms with Crippen LogP contribution in [-0.2, 0) is 19.9 Å². The number of aryl methyl sites for hydroxylation is 2. The van der Waals surface area contributed by atoms with E-state index < -0.39 is 0 Å². The molecule has 0 aliphatic heterocycles. The van der Waals surface area contributed by atoms with Crippen molar-refractivity contribution in [1.29, 1.82) is 0 Å². The molecule has 0 spiro atoms. The highest BCUT2D eigenvalue weighted by atomic mass is 35.5. The van der Waals surface area contributed by atoms with E-state index >= 15 is 0 Å². The van der Waals surface area contributed by atoms with Gasteiger partial charge in [-0.2, -0.15) is 5.10 Å². The van der Waals surface area contributed by atoms with Crippen LogP contribution in [0.1, 0.15) is 17.5 Å². The van der Waals surface area contributed by atoms with Crippen LogP contribution in [0.5, 0.6) is 0 Å². The Hall–Kier alpha value is -1.32. The van der Waals surface area contributed by atoms with Crippen LogP contribution in [0.4, 0.5) is 0 Å². The molecule has 0 aliphatic rings. The lowest BCUT2D eigenvalue weighted by atomic mass is 9.93. The highest BCUT2D eigenvalue weighted by Crippen LogP contribution is 2.17. The van der Waals surface area contributed by atoms with Crippen LogP contribution in [0, 0.1) is 5.92 Å². The van der Waals surface area contributed by atoms with Crippen molar-refractivity contribution in [2.75, 3.05) is 13.6 Å². The summed E-state index contributed by atoms with van der Waals surface area (Å²) in [7, 11) is 3.97. The fourth-order valence-corrected chi connectivity index (χ4v) is 2.62. The SMILES string of the molecule is CNCC(CCc1cnn(C)c1)Cc1ccc(Cl)cc1. The summed E-state index contributed by atoms with van der Waals surface area (Å²) in [4.78, 5) is 0. The Balaban J connectivity index is 1.91. The van der Waals surface area contributed by atoms with Gasteiger partial charge in [0.1, 0.15) is 0 Å². The average Bonchev–Trinajstić information content (AvgIpc) is 2.85. The fourth-order valence-electron chi connectivity index (χ4n) is 2.49. The average molecular weight is 292 g/mol. The highest BCUT2D eigenvalue weighted by molar-refractivity contribution is 6.30. The van der Waals surface area contributed by atoms with Gasteiger partial charge in [-0.25, -0.2) is 0 Å². The van der Waals surface area contributed by atoms with Crippen LogP contribution in [0.3, 0.4) is 0 Å². The molecule has 20 heavy (non-hydrogen) atoms. The van der Waals surface area contributed by atoms with Gasteiger partial charge in [0.05, 0.1) is 6.20 Å². The number of nitrogens with one attached hydrogen (secondary N) is 1. The van der Waals surface area contributed by atoms with Crippen molar-refractivity contribution in [1.82, 2.24) is 15.1 Å². The van der Waals surface area contributed by atoms with E-state index in [1.165, 1.54) is 11.1 Å². The predicted molar refractivity (Wildman–Crippen MR) is 84.1 cm³/mol. The standard InChI is InChI=1S/C16H22ClN3/c1-18-10-14(3-4-15-11-19-20(2)12-15)9-13-5-7-16(17)8-6-13/h5-8,11-12,14,18H,3-4,9-10H2,1-2H3.